The highest BCUT2D eigenvalue weighted by atomic mass is 32.1. The van der Waals surface area contributed by atoms with Crippen LogP contribution in [0.25, 0.3) is 10.2 Å². The van der Waals surface area contributed by atoms with E-state index in [4.69, 9.17) is 0 Å². The number of nitrogens with zero attached hydrogens (tertiary/aromatic N) is 4. The van der Waals surface area contributed by atoms with Gasteiger partial charge in [0.15, 0.2) is 0 Å². The monoisotopic (exact) mass is 417 g/mol. The van der Waals surface area contributed by atoms with E-state index in [2.05, 4.69) is 20.3 Å². The molecule has 0 aliphatic heterocycles. The van der Waals surface area contributed by atoms with Crippen LogP contribution in [0.2, 0.25) is 0 Å². The van der Waals surface area contributed by atoms with Crippen molar-refractivity contribution in [2.45, 2.75) is 26.9 Å². The fourth-order valence-corrected chi connectivity index (χ4v) is 4.48. The van der Waals surface area contributed by atoms with E-state index in [0.29, 0.717) is 24.5 Å². The van der Waals surface area contributed by atoms with E-state index in [9.17, 15) is 4.79 Å². The molecule has 0 radical (unpaired) electrons. The highest BCUT2D eigenvalue weighted by Gasteiger charge is 2.23. The Morgan fingerprint density at radius 3 is 2.60 bits per heavy atom. The van der Waals surface area contributed by atoms with Gasteiger partial charge in [-0.2, -0.15) is 0 Å². The van der Waals surface area contributed by atoms with Crippen molar-refractivity contribution in [1.29, 1.82) is 0 Å². The molecular formula is C23H23N5OS. The van der Waals surface area contributed by atoms with Gasteiger partial charge in [-0.15, -0.1) is 11.3 Å². The Morgan fingerprint density at radius 1 is 1.07 bits per heavy atom. The molecule has 0 spiro atoms. The number of carbonyl (C=O) groups is 1. The third-order valence-electron chi connectivity index (χ3n) is 4.97. The minimum absolute atomic E-state index is 0.0255. The number of thiophene rings is 1. The van der Waals surface area contributed by atoms with Gasteiger partial charge >= 0.3 is 0 Å². The molecule has 1 amide bonds. The summed E-state index contributed by atoms with van der Waals surface area (Å²) >= 11 is 1.42. The van der Waals surface area contributed by atoms with Crippen molar-refractivity contribution in [2.24, 2.45) is 0 Å². The number of hydrogen-bond acceptors (Lipinski definition) is 6. The number of rotatable bonds is 7. The molecule has 0 bridgehead atoms. The molecule has 1 N–H and O–H groups in total. The van der Waals surface area contributed by atoms with E-state index < -0.39 is 0 Å². The number of amides is 1. The first kappa shape index (κ1) is 20.0. The zero-order valence-corrected chi connectivity index (χ0v) is 17.8. The number of nitrogens with one attached hydrogen (secondary N) is 1. The van der Waals surface area contributed by atoms with Crippen molar-refractivity contribution < 1.29 is 4.79 Å². The Kier molecular flexibility index (Phi) is 5.99. The fraction of sp³-hybridized carbons (Fsp3) is 0.217. The molecule has 7 heteroatoms. The van der Waals surface area contributed by atoms with E-state index in [-0.39, 0.29) is 5.91 Å². The van der Waals surface area contributed by atoms with Crippen LogP contribution in [0.3, 0.4) is 0 Å². The van der Waals surface area contributed by atoms with E-state index in [1.165, 1.54) is 17.7 Å². The maximum absolute atomic E-state index is 13.3. The number of anilines is 1. The molecule has 0 aliphatic rings. The number of hydrogen-bond donors (Lipinski definition) is 1. The molecule has 0 fully saturated rings. The summed E-state index contributed by atoms with van der Waals surface area (Å²) in [5.41, 5.74) is 2.95. The lowest BCUT2D eigenvalue weighted by molar-refractivity contribution is 0.0757. The number of carbonyl (C=O) groups excluding carboxylic acids is 1. The number of fused-ring (bicyclic) bond motifs is 1. The quantitative estimate of drug-likeness (QED) is 0.473. The molecule has 30 heavy (non-hydrogen) atoms. The Morgan fingerprint density at radius 2 is 1.87 bits per heavy atom. The van der Waals surface area contributed by atoms with Gasteiger partial charge in [0.05, 0.1) is 22.5 Å². The van der Waals surface area contributed by atoms with Gasteiger partial charge in [-0.3, -0.25) is 9.78 Å². The lowest BCUT2D eigenvalue weighted by Crippen LogP contribution is -2.30. The van der Waals surface area contributed by atoms with Gasteiger partial charge in [0, 0.05) is 19.3 Å². The standard InChI is InChI=1S/C23H23N5OS/c1-3-28(14-17-9-5-4-6-10-17)23(29)20-16(2)19-21(26-15-27-22(19)30-20)25-13-18-11-7-8-12-24-18/h4-12,15H,3,13-14H2,1-2H3,(H,25,26,27). The van der Waals surface area contributed by atoms with E-state index in [1.54, 1.807) is 6.20 Å². The third-order valence-corrected chi connectivity index (χ3v) is 6.16. The normalized spacial score (nSPS) is 10.9. The minimum atomic E-state index is 0.0255. The summed E-state index contributed by atoms with van der Waals surface area (Å²) in [7, 11) is 0. The van der Waals surface area contributed by atoms with Crippen LogP contribution < -0.4 is 5.32 Å². The van der Waals surface area contributed by atoms with Gasteiger partial charge in [0.1, 0.15) is 17.0 Å². The molecular weight excluding hydrogens is 394 g/mol. The van der Waals surface area contributed by atoms with Crippen LogP contribution in [0.5, 0.6) is 0 Å². The second-order valence-corrected chi connectivity index (χ2v) is 7.94. The van der Waals surface area contributed by atoms with Crippen LogP contribution in [0, 0.1) is 6.92 Å². The maximum Gasteiger partial charge on any atom is 0.264 e. The number of benzene rings is 1. The van der Waals surface area contributed by atoms with Gasteiger partial charge in [0.2, 0.25) is 0 Å². The van der Waals surface area contributed by atoms with E-state index in [0.717, 1.165) is 32.9 Å². The smallest absolute Gasteiger partial charge is 0.264 e. The Bertz CT molecular complexity index is 1140. The third kappa shape index (κ3) is 4.16. The summed E-state index contributed by atoms with van der Waals surface area (Å²) in [5, 5.41) is 4.25. The van der Waals surface area contributed by atoms with Gasteiger partial charge in [-0.1, -0.05) is 36.4 Å². The number of aromatic nitrogens is 3. The predicted molar refractivity (Wildman–Crippen MR) is 121 cm³/mol. The topological polar surface area (TPSA) is 71.0 Å². The number of aryl methyl sites for hydroxylation is 1. The molecule has 3 heterocycles. The summed E-state index contributed by atoms with van der Waals surface area (Å²) in [6, 6.07) is 15.9. The Labute approximate surface area is 179 Å². The van der Waals surface area contributed by atoms with Gasteiger partial charge < -0.3 is 10.2 Å². The first-order chi connectivity index (χ1) is 14.7. The van der Waals surface area contributed by atoms with E-state index >= 15 is 0 Å². The van der Waals surface area contributed by atoms with Crippen LogP contribution in [-0.4, -0.2) is 32.3 Å². The summed E-state index contributed by atoms with van der Waals surface area (Å²) in [4.78, 5) is 29.9. The average molecular weight is 418 g/mol. The molecule has 0 aliphatic carbocycles. The highest BCUT2D eigenvalue weighted by Crippen LogP contribution is 2.34. The second-order valence-electron chi connectivity index (χ2n) is 6.94. The number of pyridine rings is 1. The van der Waals surface area contributed by atoms with Crippen LogP contribution in [0.4, 0.5) is 5.82 Å². The van der Waals surface area contributed by atoms with Crippen molar-refractivity contribution >= 4 is 33.3 Å². The summed E-state index contributed by atoms with van der Waals surface area (Å²) in [5.74, 6) is 0.752. The van der Waals surface area contributed by atoms with Crippen molar-refractivity contribution in [3.05, 3.63) is 82.8 Å². The average Bonchev–Trinajstić information content (AvgIpc) is 3.14. The largest absolute Gasteiger partial charge is 0.364 e. The van der Waals surface area contributed by atoms with Gasteiger partial charge in [-0.25, -0.2) is 9.97 Å². The van der Waals surface area contributed by atoms with Crippen molar-refractivity contribution in [1.82, 2.24) is 19.9 Å². The molecule has 4 aromatic rings. The molecule has 0 unspecified atom stereocenters. The molecule has 152 valence electrons. The van der Waals surface area contributed by atoms with Crippen molar-refractivity contribution in [3.63, 3.8) is 0 Å². The zero-order chi connectivity index (χ0) is 20.9. The van der Waals surface area contributed by atoms with Crippen molar-refractivity contribution in [3.8, 4) is 0 Å². The SMILES string of the molecule is CCN(Cc1ccccc1)C(=O)c1sc2ncnc(NCc3ccccn3)c2c1C. The van der Waals surface area contributed by atoms with E-state index in [1.807, 2.05) is 67.3 Å². The fourth-order valence-electron chi connectivity index (χ4n) is 3.36. The maximum atomic E-state index is 13.3. The molecule has 0 saturated heterocycles. The Balaban J connectivity index is 1.61. The molecule has 6 nitrogen and oxygen atoms in total. The highest BCUT2D eigenvalue weighted by molar-refractivity contribution is 7.20. The lowest BCUT2D eigenvalue weighted by Gasteiger charge is -2.20. The summed E-state index contributed by atoms with van der Waals surface area (Å²) in [6.45, 7) is 5.75. The molecule has 3 aromatic heterocycles. The van der Waals surface area contributed by atoms with Crippen LogP contribution in [0.15, 0.2) is 61.1 Å². The first-order valence-corrected chi connectivity index (χ1v) is 10.7. The van der Waals surface area contributed by atoms with Crippen LogP contribution in [0.1, 0.15) is 33.4 Å². The predicted octanol–water partition coefficient (Wildman–Crippen LogP) is 4.67. The molecule has 0 saturated carbocycles. The van der Waals surface area contributed by atoms with Crippen LogP contribution in [-0.2, 0) is 13.1 Å². The summed E-state index contributed by atoms with van der Waals surface area (Å²) < 4.78 is 0. The first-order valence-electron chi connectivity index (χ1n) is 9.88. The molecule has 4 rings (SSSR count). The second kappa shape index (κ2) is 9.00. The van der Waals surface area contributed by atoms with Gasteiger partial charge in [0.25, 0.3) is 5.91 Å². The Hall–Kier alpha value is -3.32. The minimum Gasteiger partial charge on any atom is -0.364 e. The summed E-state index contributed by atoms with van der Waals surface area (Å²) in [6.07, 6.45) is 3.31. The molecule has 0 atom stereocenters. The zero-order valence-electron chi connectivity index (χ0n) is 17.0. The van der Waals surface area contributed by atoms with Crippen LogP contribution >= 0.6 is 11.3 Å². The molecule has 1 aromatic carbocycles. The van der Waals surface area contributed by atoms with Crippen molar-refractivity contribution in [2.75, 3.05) is 11.9 Å². The van der Waals surface area contributed by atoms with Gasteiger partial charge in [-0.05, 0) is 37.1 Å². The lowest BCUT2D eigenvalue weighted by atomic mass is 10.1.